The zero-order valence-corrected chi connectivity index (χ0v) is 11.5. The van der Waals surface area contributed by atoms with Crippen LogP contribution in [0, 0.1) is 0 Å². The number of amides is 1. The largest absolute Gasteiger partial charge is 0.393 e. The standard InChI is InChI=1S/C14H15N3OS/c1-17(9-8-13(15)19)14(18)12-7-6-10-4-2-3-5-11(10)16-12/h2-7H,8-9H2,1H3,(H2,15,19). The van der Waals surface area contributed by atoms with Gasteiger partial charge in [0, 0.05) is 25.4 Å². The number of hydrogen-bond acceptors (Lipinski definition) is 3. The molecule has 0 saturated carbocycles. The molecule has 0 bridgehead atoms. The summed E-state index contributed by atoms with van der Waals surface area (Å²) < 4.78 is 0. The SMILES string of the molecule is CN(CCC(N)=S)C(=O)c1ccc2ccccc2n1. The van der Waals surface area contributed by atoms with Crippen molar-refractivity contribution in [2.24, 2.45) is 5.73 Å². The van der Waals surface area contributed by atoms with Gasteiger partial charge in [-0.1, -0.05) is 36.5 Å². The van der Waals surface area contributed by atoms with Gasteiger partial charge in [0.15, 0.2) is 0 Å². The Kier molecular flexibility index (Phi) is 4.06. The summed E-state index contributed by atoms with van der Waals surface area (Å²) in [5.41, 5.74) is 6.68. The summed E-state index contributed by atoms with van der Waals surface area (Å²) >= 11 is 4.80. The van der Waals surface area contributed by atoms with Crippen LogP contribution < -0.4 is 5.73 Å². The summed E-state index contributed by atoms with van der Waals surface area (Å²) in [7, 11) is 1.72. The van der Waals surface area contributed by atoms with E-state index in [9.17, 15) is 4.79 Å². The zero-order valence-electron chi connectivity index (χ0n) is 10.7. The lowest BCUT2D eigenvalue weighted by atomic mass is 10.2. The molecule has 0 saturated heterocycles. The zero-order chi connectivity index (χ0) is 13.8. The van der Waals surface area contributed by atoms with Crippen LogP contribution in [0.2, 0.25) is 0 Å². The number of hydrogen-bond donors (Lipinski definition) is 1. The molecule has 0 spiro atoms. The van der Waals surface area contributed by atoms with Gasteiger partial charge in [-0.2, -0.15) is 0 Å². The van der Waals surface area contributed by atoms with Gasteiger partial charge in [-0.3, -0.25) is 4.79 Å². The molecule has 2 N–H and O–H groups in total. The van der Waals surface area contributed by atoms with Crippen molar-refractivity contribution in [3.8, 4) is 0 Å². The van der Waals surface area contributed by atoms with E-state index in [1.165, 1.54) is 0 Å². The molecule has 0 aliphatic carbocycles. The van der Waals surface area contributed by atoms with Crippen LogP contribution >= 0.6 is 12.2 Å². The Labute approximate surface area is 117 Å². The number of carbonyl (C=O) groups excluding carboxylic acids is 1. The smallest absolute Gasteiger partial charge is 0.272 e. The Morgan fingerprint density at radius 2 is 2.05 bits per heavy atom. The summed E-state index contributed by atoms with van der Waals surface area (Å²) in [6.45, 7) is 0.503. The van der Waals surface area contributed by atoms with Gasteiger partial charge in [0.1, 0.15) is 5.69 Å². The second kappa shape index (κ2) is 5.75. The fraction of sp³-hybridized carbons (Fsp3) is 0.214. The summed E-state index contributed by atoms with van der Waals surface area (Å²) in [6.07, 6.45) is 0.519. The average molecular weight is 273 g/mol. The number of nitrogens with zero attached hydrogens (tertiary/aromatic N) is 2. The Morgan fingerprint density at radius 3 is 2.79 bits per heavy atom. The van der Waals surface area contributed by atoms with Gasteiger partial charge >= 0.3 is 0 Å². The van der Waals surface area contributed by atoms with Gasteiger partial charge < -0.3 is 10.6 Å². The van der Waals surface area contributed by atoms with Crippen LogP contribution in [0.4, 0.5) is 0 Å². The first-order valence-electron chi connectivity index (χ1n) is 5.97. The molecule has 0 radical (unpaired) electrons. The number of pyridine rings is 1. The molecule has 5 heteroatoms. The van der Waals surface area contributed by atoms with E-state index in [4.69, 9.17) is 18.0 Å². The number of benzene rings is 1. The van der Waals surface area contributed by atoms with Crippen molar-refractivity contribution in [1.29, 1.82) is 0 Å². The van der Waals surface area contributed by atoms with Gasteiger partial charge in [-0.15, -0.1) is 0 Å². The molecule has 0 fully saturated rings. The van der Waals surface area contributed by atoms with Crippen LogP contribution in [0.1, 0.15) is 16.9 Å². The van der Waals surface area contributed by atoms with Gasteiger partial charge in [0.2, 0.25) is 0 Å². The molecule has 2 aromatic rings. The molecule has 1 amide bonds. The van der Waals surface area contributed by atoms with Gasteiger partial charge in [-0.05, 0) is 12.1 Å². The number of nitrogens with two attached hydrogens (primary N) is 1. The molecule has 1 heterocycles. The highest BCUT2D eigenvalue weighted by Gasteiger charge is 2.13. The minimum Gasteiger partial charge on any atom is -0.393 e. The van der Waals surface area contributed by atoms with Crippen molar-refractivity contribution in [2.45, 2.75) is 6.42 Å². The topological polar surface area (TPSA) is 59.2 Å². The Morgan fingerprint density at radius 1 is 1.32 bits per heavy atom. The highest BCUT2D eigenvalue weighted by Crippen LogP contribution is 2.12. The molecular formula is C14H15N3OS. The maximum absolute atomic E-state index is 12.2. The Hall–Kier alpha value is -2.01. The maximum Gasteiger partial charge on any atom is 0.272 e. The lowest BCUT2D eigenvalue weighted by Crippen LogP contribution is -2.30. The summed E-state index contributed by atoms with van der Waals surface area (Å²) in [5.74, 6) is -0.123. The van der Waals surface area contributed by atoms with Crippen LogP contribution in [-0.4, -0.2) is 34.4 Å². The molecule has 0 unspecified atom stereocenters. The van der Waals surface area contributed by atoms with Crippen LogP contribution in [-0.2, 0) is 0 Å². The predicted octanol–water partition coefficient (Wildman–Crippen LogP) is 1.98. The average Bonchev–Trinajstić information content (AvgIpc) is 2.43. The van der Waals surface area contributed by atoms with Gasteiger partial charge in [0.05, 0.1) is 10.5 Å². The summed E-state index contributed by atoms with van der Waals surface area (Å²) in [4.78, 5) is 18.5. The first kappa shape index (κ1) is 13.4. The lowest BCUT2D eigenvalue weighted by molar-refractivity contribution is 0.0793. The highest BCUT2D eigenvalue weighted by atomic mass is 32.1. The molecule has 0 aliphatic heterocycles. The normalized spacial score (nSPS) is 10.4. The highest BCUT2D eigenvalue weighted by molar-refractivity contribution is 7.80. The van der Waals surface area contributed by atoms with Crippen molar-refractivity contribution in [2.75, 3.05) is 13.6 Å². The summed E-state index contributed by atoms with van der Waals surface area (Å²) in [6, 6.07) is 11.3. The Balaban J connectivity index is 2.19. The van der Waals surface area contributed by atoms with Crippen molar-refractivity contribution >= 4 is 34.0 Å². The van der Waals surface area contributed by atoms with E-state index in [0.717, 1.165) is 10.9 Å². The second-order valence-electron chi connectivity index (χ2n) is 4.33. The fourth-order valence-electron chi connectivity index (χ4n) is 1.76. The molecule has 19 heavy (non-hydrogen) atoms. The van der Waals surface area contributed by atoms with Crippen molar-refractivity contribution in [3.63, 3.8) is 0 Å². The lowest BCUT2D eigenvalue weighted by Gasteiger charge is -2.16. The number of fused-ring (bicyclic) bond motifs is 1. The molecule has 98 valence electrons. The minimum absolute atomic E-state index is 0.123. The van der Waals surface area contributed by atoms with E-state index < -0.39 is 0 Å². The number of carbonyl (C=O) groups is 1. The van der Waals surface area contributed by atoms with Crippen molar-refractivity contribution in [1.82, 2.24) is 9.88 Å². The van der Waals surface area contributed by atoms with E-state index in [0.29, 0.717) is 23.6 Å². The van der Waals surface area contributed by atoms with E-state index >= 15 is 0 Å². The Bertz CT molecular complexity index is 627. The number of aromatic nitrogens is 1. The molecule has 4 nitrogen and oxygen atoms in total. The third-order valence-electron chi connectivity index (χ3n) is 2.86. The summed E-state index contributed by atoms with van der Waals surface area (Å²) in [5, 5.41) is 1.02. The van der Waals surface area contributed by atoms with Crippen molar-refractivity contribution < 1.29 is 4.79 Å². The molecule has 1 aromatic heterocycles. The molecule has 0 atom stereocenters. The van der Waals surface area contributed by atoms with Crippen LogP contribution in [0.15, 0.2) is 36.4 Å². The predicted molar refractivity (Wildman–Crippen MR) is 80.1 cm³/mol. The van der Waals surface area contributed by atoms with E-state index in [2.05, 4.69) is 4.98 Å². The first-order chi connectivity index (χ1) is 9.08. The number of rotatable bonds is 4. The monoisotopic (exact) mass is 273 g/mol. The molecular weight excluding hydrogens is 258 g/mol. The van der Waals surface area contributed by atoms with Crippen molar-refractivity contribution in [3.05, 3.63) is 42.1 Å². The molecule has 1 aromatic carbocycles. The quantitative estimate of drug-likeness (QED) is 0.865. The molecule has 2 rings (SSSR count). The number of thiocarbonyl (C=S) groups is 1. The van der Waals surface area contributed by atoms with E-state index in [1.54, 1.807) is 18.0 Å². The third kappa shape index (κ3) is 3.26. The fourth-order valence-corrected chi connectivity index (χ4v) is 1.85. The van der Waals surface area contributed by atoms with E-state index in [-0.39, 0.29) is 5.91 Å². The minimum atomic E-state index is -0.123. The van der Waals surface area contributed by atoms with E-state index in [1.807, 2.05) is 30.3 Å². The molecule has 0 aliphatic rings. The number of para-hydroxylation sites is 1. The van der Waals surface area contributed by atoms with Crippen LogP contribution in [0.3, 0.4) is 0 Å². The third-order valence-corrected chi connectivity index (χ3v) is 3.06. The van der Waals surface area contributed by atoms with Gasteiger partial charge in [0.25, 0.3) is 5.91 Å². The maximum atomic E-state index is 12.2. The van der Waals surface area contributed by atoms with Crippen LogP contribution in [0.5, 0.6) is 0 Å². The second-order valence-corrected chi connectivity index (χ2v) is 4.86. The van der Waals surface area contributed by atoms with Gasteiger partial charge in [-0.25, -0.2) is 4.98 Å². The van der Waals surface area contributed by atoms with Crippen LogP contribution in [0.25, 0.3) is 10.9 Å². The first-order valence-corrected chi connectivity index (χ1v) is 6.38.